The van der Waals surface area contributed by atoms with Crippen molar-refractivity contribution in [2.75, 3.05) is 14.2 Å². The Morgan fingerprint density at radius 3 is 2.16 bits per heavy atom. The van der Waals surface area contributed by atoms with E-state index in [0.717, 1.165) is 34.6 Å². The number of methoxy groups -OCH3 is 2. The van der Waals surface area contributed by atoms with E-state index in [0.29, 0.717) is 11.3 Å². The first-order chi connectivity index (χ1) is 17.1. The molecule has 5 nitrogen and oxygen atoms in total. The highest BCUT2D eigenvalue weighted by Gasteiger charge is 2.38. The molecule has 0 unspecified atom stereocenters. The number of rotatable bonds is 7. The zero-order chi connectivity index (χ0) is 26.1. The average molecular weight is 522 g/mol. The lowest BCUT2D eigenvalue weighted by Gasteiger charge is -2.42. The van der Waals surface area contributed by atoms with Crippen molar-refractivity contribution in [2.45, 2.75) is 71.3 Å². The molecule has 3 aromatic rings. The van der Waals surface area contributed by atoms with Gasteiger partial charge in [-0.15, -0.1) is 11.3 Å². The highest BCUT2D eigenvalue weighted by atomic mass is 32.1. The van der Waals surface area contributed by atoms with Crippen molar-refractivity contribution < 1.29 is 19.1 Å². The number of benzene rings is 2. The highest BCUT2D eigenvalue weighted by Crippen LogP contribution is 2.49. The van der Waals surface area contributed by atoms with Gasteiger partial charge in [-0.05, 0) is 64.6 Å². The largest absolute Gasteiger partial charge is 0.496 e. The molecule has 1 N–H and O–H groups in total. The Kier molecular flexibility index (Phi) is 8.53. The van der Waals surface area contributed by atoms with Gasteiger partial charge in [0.05, 0.1) is 19.1 Å². The summed E-state index contributed by atoms with van der Waals surface area (Å²) < 4.78 is 10.8. The molecule has 1 aliphatic carbocycles. The first kappa shape index (κ1) is 28.5. The Balaban J connectivity index is 0.00000380. The van der Waals surface area contributed by atoms with Crippen molar-refractivity contribution in [1.29, 1.82) is 0 Å². The second kappa shape index (κ2) is 11.1. The van der Waals surface area contributed by atoms with E-state index in [4.69, 9.17) is 9.47 Å². The van der Waals surface area contributed by atoms with Gasteiger partial charge in [0, 0.05) is 16.9 Å². The summed E-state index contributed by atoms with van der Waals surface area (Å²) in [4.78, 5) is 27.0. The lowest BCUT2D eigenvalue weighted by molar-refractivity contribution is -0.142. The summed E-state index contributed by atoms with van der Waals surface area (Å²) in [6, 6.07) is 17.0. The summed E-state index contributed by atoms with van der Waals surface area (Å²) in [5.74, 6) is 0.0472. The monoisotopic (exact) mass is 521 g/mol. The summed E-state index contributed by atoms with van der Waals surface area (Å²) in [6.45, 7) is 9.18. The molecule has 0 aliphatic heterocycles. The van der Waals surface area contributed by atoms with E-state index in [1.165, 1.54) is 29.6 Å². The molecule has 0 spiro atoms. The molecule has 0 saturated heterocycles. The van der Waals surface area contributed by atoms with Crippen molar-refractivity contribution in [3.63, 3.8) is 0 Å². The van der Waals surface area contributed by atoms with Crippen molar-refractivity contribution in [3.8, 4) is 16.2 Å². The number of ether oxygens (including phenoxy) is 2. The Morgan fingerprint density at radius 1 is 0.946 bits per heavy atom. The fraction of sp³-hybridized carbons (Fsp3) is 0.419. The lowest BCUT2D eigenvalue weighted by atomic mass is 9.63. The van der Waals surface area contributed by atoms with Gasteiger partial charge in [0.15, 0.2) is 0 Å². The molecule has 1 aliphatic rings. The number of carbonyl (C=O) groups excluding carboxylic acids is 2. The number of hydrogen-bond acceptors (Lipinski definition) is 5. The van der Waals surface area contributed by atoms with Crippen molar-refractivity contribution >= 4 is 23.2 Å². The molecule has 1 atom stereocenters. The predicted molar refractivity (Wildman–Crippen MR) is 152 cm³/mol. The van der Waals surface area contributed by atoms with Crippen LogP contribution in [0.2, 0.25) is 0 Å². The third-order valence-electron chi connectivity index (χ3n) is 7.34. The first-order valence-electron chi connectivity index (χ1n) is 12.3. The number of fused-ring (bicyclic) bond motifs is 1. The van der Waals surface area contributed by atoms with Crippen LogP contribution in [-0.4, -0.2) is 32.1 Å². The van der Waals surface area contributed by atoms with Crippen LogP contribution in [-0.2, 0) is 26.8 Å². The van der Waals surface area contributed by atoms with Crippen LogP contribution in [0.15, 0.2) is 54.6 Å². The molecule has 198 valence electrons. The zero-order valence-electron chi connectivity index (χ0n) is 21.9. The first-order valence-corrected chi connectivity index (χ1v) is 13.1. The quantitative estimate of drug-likeness (QED) is 0.343. The molecule has 6 heteroatoms. The van der Waals surface area contributed by atoms with E-state index in [1.54, 1.807) is 13.2 Å². The maximum atomic E-state index is 13.1. The summed E-state index contributed by atoms with van der Waals surface area (Å²) in [6.07, 6.45) is 2.61. The number of amides is 1. The predicted octanol–water partition coefficient (Wildman–Crippen LogP) is 6.92. The van der Waals surface area contributed by atoms with Crippen molar-refractivity contribution in [1.82, 2.24) is 5.32 Å². The lowest BCUT2D eigenvalue weighted by Crippen LogP contribution is -2.42. The SMILES string of the molecule is C.COC(=O)[C@H](Cc1ccccc1)NC(=O)c1ccc(-c2cc3c(cc2OC)C(C)(C)CCC3(C)C)s1. The normalized spacial score (nSPS) is 16.1. The van der Waals surface area contributed by atoms with E-state index in [-0.39, 0.29) is 24.2 Å². The van der Waals surface area contributed by atoms with Crippen molar-refractivity contribution in [3.05, 3.63) is 76.2 Å². The summed E-state index contributed by atoms with van der Waals surface area (Å²) in [7, 11) is 3.03. The van der Waals surface area contributed by atoms with Crippen LogP contribution in [0.25, 0.3) is 10.4 Å². The fourth-order valence-corrected chi connectivity index (χ4v) is 5.91. The minimum absolute atomic E-state index is 0. The molecule has 0 bridgehead atoms. The highest BCUT2D eigenvalue weighted by molar-refractivity contribution is 7.17. The minimum Gasteiger partial charge on any atom is -0.496 e. The second-order valence-electron chi connectivity index (χ2n) is 10.8. The van der Waals surface area contributed by atoms with Gasteiger partial charge in [-0.1, -0.05) is 65.5 Å². The van der Waals surface area contributed by atoms with Gasteiger partial charge in [0.25, 0.3) is 5.91 Å². The maximum Gasteiger partial charge on any atom is 0.328 e. The molecule has 0 saturated carbocycles. The Bertz CT molecular complexity index is 1260. The standard InChI is InChI=1S/C30H35NO4S.CH4/c1-29(2)14-15-30(3,4)22-18-24(34-5)20(17-21(22)29)25-12-13-26(36-25)27(32)31-23(28(33)35-6)16-19-10-8-7-9-11-19;/h7-13,17-18,23H,14-16H2,1-6H3,(H,31,32);1H4/t23-;/m0./s1. The number of hydrogen-bond donors (Lipinski definition) is 1. The van der Waals surface area contributed by atoms with Crippen LogP contribution in [0, 0.1) is 0 Å². The van der Waals surface area contributed by atoms with Crippen LogP contribution < -0.4 is 10.1 Å². The summed E-state index contributed by atoms with van der Waals surface area (Å²) >= 11 is 1.40. The van der Waals surface area contributed by atoms with Crippen LogP contribution in [0.1, 0.15) is 74.3 Å². The molecule has 1 aromatic heterocycles. The molecule has 2 aromatic carbocycles. The number of nitrogens with one attached hydrogen (secondary N) is 1. The van der Waals surface area contributed by atoms with Gasteiger partial charge < -0.3 is 14.8 Å². The van der Waals surface area contributed by atoms with E-state index < -0.39 is 12.0 Å². The topological polar surface area (TPSA) is 64.6 Å². The van der Waals surface area contributed by atoms with Gasteiger partial charge >= 0.3 is 5.97 Å². The molecule has 0 fully saturated rings. The molecular weight excluding hydrogens is 482 g/mol. The van der Waals surface area contributed by atoms with Gasteiger partial charge in [0.2, 0.25) is 0 Å². The van der Waals surface area contributed by atoms with Crippen LogP contribution in [0.3, 0.4) is 0 Å². The molecule has 1 amide bonds. The maximum absolute atomic E-state index is 13.1. The molecule has 4 rings (SSSR count). The zero-order valence-corrected chi connectivity index (χ0v) is 22.8. The van der Waals surface area contributed by atoms with Gasteiger partial charge in [-0.2, -0.15) is 0 Å². The summed E-state index contributed by atoms with van der Waals surface area (Å²) in [5, 5.41) is 2.87. The third kappa shape index (κ3) is 5.90. The smallest absolute Gasteiger partial charge is 0.328 e. The number of esters is 1. The second-order valence-corrected chi connectivity index (χ2v) is 11.9. The Hall–Kier alpha value is -3.12. The molecule has 0 radical (unpaired) electrons. The average Bonchev–Trinajstić information content (AvgIpc) is 3.36. The van der Waals surface area contributed by atoms with Gasteiger partial charge in [-0.3, -0.25) is 4.79 Å². The fourth-order valence-electron chi connectivity index (χ4n) is 4.97. The van der Waals surface area contributed by atoms with E-state index in [9.17, 15) is 9.59 Å². The van der Waals surface area contributed by atoms with Crippen LogP contribution >= 0.6 is 11.3 Å². The van der Waals surface area contributed by atoms with Crippen LogP contribution in [0.5, 0.6) is 5.75 Å². The molecule has 1 heterocycles. The van der Waals surface area contributed by atoms with E-state index >= 15 is 0 Å². The Morgan fingerprint density at radius 2 is 1.57 bits per heavy atom. The molecular formula is C31H39NO4S. The van der Waals surface area contributed by atoms with E-state index in [1.807, 2.05) is 36.4 Å². The third-order valence-corrected chi connectivity index (χ3v) is 8.46. The van der Waals surface area contributed by atoms with E-state index in [2.05, 4.69) is 45.1 Å². The summed E-state index contributed by atoms with van der Waals surface area (Å²) in [5.41, 5.74) is 4.75. The minimum atomic E-state index is -0.767. The molecule has 37 heavy (non-hydrogen) atoms. The number of carbonyl (C=O) groups is 2. The van der Waals surface area contributed by atoms with Crippen molar-refractivity contribution in [2.24, 2.45) is 0 Å². The van der Waals surface area contributed by atoms with Crippen LogP contribution in [0.4, 0.5) is 0 Å². The Labute approximate surface area is 225 Å². The van der Waals surface area contributed by atoms with Gasteiger partial charge in [0.1, 0.15) is 11.8 Å². The van der Waals surface area contributed by atoms with Gasteiger partial charge in [-0.25, -0.2) is 4.79 Å². The number of thiophene rings is 1.